The second-order valence-electron chi connectivity index (χ2n) is 5.27. The normalized spacial score (nSPS) is 10.5. The molecule has 0 heterocycles. The lowest BCUT2D eigenvalue weighted by Gasteiger charge is -2.05. The van der Waals surface area contributed by atoms with E-state index in [4.69, 9.17) is 4.74 Å². The van der Waals surface area contributed by atoms with Gasteiger partial charge in [-0.2, -0.15) is 0 Å². The van der Waals surface area contributed by atoms with E-state index in [-0.39, 0.29) is 12.5 Å². The average Bonchev–Trinajstić information content (AvgIpc) is 2.53. The van der Waals surface area contributed by atoms with Gasteiger partial charge in [-0.05, 0) is 37.6 Å². The quantitative estimate of drug-likeness (QED) is 0.679. The predicted molar refractivity (Wildman–Crippen MR) is 91.0 cm³/mol. The number of hydrogen-bond acceptors (Lipinski definition) is 3. The van der Waals surface area contributed by atoms with Crippen LogP contribution in [-0.4, -0.2) is 18.5 Å². The lowest BCUT2D eigenvalue weighted by atomic mass is 10.1. The number of nitrogens with one attached hydrogen (secondary N) is 1. The largest absolute Gasteiger partial charge is 0.452 e. The van der Waals surface area contributed by atoms with Gasteiger partial charge in [0.25, 0.3) is 5.91 Å². The molecular formula is C19H19NO3. The second kappa shape index (κ2) is 7.94. The van der Waals surface area contributed by atoms with Crippen LogP contribution in [0.3, 0.4) is 0 Å². The third-order valence-corrected chi connectivity index (χ3v) is 3.13. The van der Waals surface area contributed by atoms with Gasteiger partial charge in [0, 0.05) is 11.8 Å². The summed E-state index contributed by atoms with van der Waals surface area (Å²) in [5.74, 6) is -0.920. The third kappa shape index (κ3) is 5.79. The van der Waals surface area contributed by atoms with Gasteiger partial charge in [0.15, 0.2) is 6.61 Å². The lowest BCUT2D eigenvalue weighted by Crippen LogP contribution is -2.20. The van der Waals surface area contributed by atoms with E-state index in [0.29, 0.717) is 5.69 Å². The van der Waals surface area contributed by atoms with E-state index in [1.165, 1.54) is 6.08 Å². The maximum absolute atomic E-state index is 11.7. The molecule has 0 fully saturated rings. The minimum atomic E-state index is -0.550. The average molecular weight is 309 g/mol. The molecule has 1 amide bonds. The van der Waals surface area contributed by atoms with Crippen molar-refractivity contribution in [1.29, 1.82) is 0 Å². The van der Waals surface area contributed by atoms with Crippen LogP contribution in [0, 0.1) is 13.8 Å². The number of aryl methyl sites for hydroxylation is 2. The molecule has 0 atom stereocenters. The van der Waals surface area contributed by atoms with Crippen LogP contribution in [0.4, 0.5) is 5.69 Å². The number of carbonyl (C=O) groups excluding carboxylic acids is 2. The molecule has 0 spiro atoms. The van der Waals surface area contributed by atoms with Gasteiger partial charge in [-0.25, -0.2) is 4.79 Å². The first-order valence-corrected chi connectivity index (χ1v) is 7.31. The number of ether oxygens (including phenoxy) is 1. The highest BCUT2D eigenvalue weighted by Gasteiger charge is 2.05. The van der Waals surface area contributed by atoms with Crippen LogP contribution >= 0.6 is 0 Å². The molecule has 0 aliphatic carbocycles. The van der Waals surface area contributed by atoms with Gasteiger partial charge in [0.2, 0.25) is 0 Å². The van der Waals surface area contributed by atoms with Crippen molar-refractivity contribution in [3.8, 4) is 0 Å². The molecule has 0 bridgehead atoms. The van der Waals surface area contributed by atoms with Crippen LogP contribution < -0.4 is 5.32 Å². The molecule has 118 valence electrons. The maximum atomic E-state index is 11.7. The summed E-state index contributed by atoms with van der Waals surface area (Å²) >= 11 is 0. The van der Waals surface area contributed by atoms with Crippen LogP contribution in [0.5, 0.6) is 0 Å². The topological polar surface area (TPSA) is 55.4 Å². The fourth-order valence-electron chi connectivity index (χ4n) is 1.96. The highest BCUT2D eigenvalue weighted by atomic mass is 16.5. The Morgan fingerprint density at radius 3 is 2.48 bits per heavy atom. The van der Waals surface area contributed by atoms with Crippen molar-refractivity contribution < 1.29 is 14.3 Å². The summed E-state index contributed by atoms with van der Waals surface area (Å²) in [4.78, 5) is 23.3. The molecule has 0 radical (unpaired) electrons. The van der Waals surface area contributed by atoms with Gasteiger partial charge >= 0.3 is 5.97 Å². The van der Waals surface area contributed by atoms with E-state index < -0.39 is 5.97 Å². The molecule has 4 nitrogen and oxygen atoms in total. The van der Waals surface area contributed by atoms with Gasteiger partial charge < -0.3 is 10.1 Å². The van der Waals surface area contributed by atoms with E-state index in [1.54, 1.807) is 18.2 Å². The molecule has 0 saturated heterocycles. The smallest absolute Gasteiger partial charge is 0.331 e. The summed E-state index contributed by atoms with van der Waals surface area (Å²) in [6, 6.07) is 15.1. The Bertz CT molecular complexity index is 718. The Labute approximate surface area is 135 Å². The molecule has 4 heteroatoms. The summed E-state index contributed by atoms with van der Waals surface area (Å²) in [5.41, 5.74) is 3.80. The summed E-state index contributed by atoms with van der Waals surface area (Å²) in [5, 5.41) is 2.67. The van der Waals surface area contributed by atoms with Crippen molar-refractivity contribution in [1.82, 2.24) is 0 Å². The number of hydrogen-bond donors (Lipinski definition) is 1. The fraction of sp³-hybridized carbons (Fsp3) is 0.158. The first kappa shape index (κ1) is 16.5. The van der Waals surface area contributed by atoms with Crippen molar-refractivity contribution in [2.24, 2.45) is 0 Å². The second-order valence-corrected chi connectivity index (χ2v) is 5.27. The summed E-state index contributed by atoms with van der Waals surface area (Å²) in [7, 11) is 0. The van der Waals surface area contributed by atoms with E-state index >= 15 is 0 Å². The number of amides is 1. The number of anilines is 1. The first-order chi connectivity index (χ1) is 11.0. The van der Waals surface area contributed by atoms with Crippen LogP contribution in [0.15, 0.2) is 54.6 Å². The van der Waals surface area contributed by atoms with Crippen molar-refractivity contribution in [3.05, 3.63) is 71.3 Å². The maximum Gasteiger partial charge on any atom is 0.331 e. The van der Waals surface area contributed by atoms with Crippen molar-refractivity contribution >= 4 is 23.6 Å². The van der Waals surface area contributed by atoms with Gasteiger partial charge in [0.05, 0.1) is 0 Å². The van der Waals surface area contributed by atoms with Crippen LogP contribution in [0.25, 0.3) is 6.08 Å². The Kier molecular flexibility index (Phi) is 5.69. The number of carbonyl (C=O) groups is 2. The molecule has 2 rings (SSSR count). The number of benzene rings is 2. The Hall–Kier alpha value is -2.88. The summed E-state index contributed by atoms with van der Waals surface area (Å²) < 4.78 is 4.91. The van der Waals surface area contributed by atoms with E-state index in [9.17, 15) is 9.59 Å². The Balaban J connectivity index is 1.79. The van der Waals surface area contributed by atoms with E-state index in [0.717, 1.165) is 16.7 Å². The van der Waals surface area contributed by atoms with Gasteiger partial charge in [-0.1, -0.05) is 47.5 Å². The van der Waals surface area contributed by atoms with E-state index in [1.807, 2.05) is 50.2 Å². The molecule has 0 saturated carbocycles. The molecule has 0 aliphatic rings. The summed E-state index contributed by atoms with van der Waals surface area (Å²) in [6.07, 6.45) is 2.97. The number of rotatable bonds is 5. The predicted octanol–water partition coefficient (Wildman–Crippen LogP) is 3.50. The van der Waals surface area contributed by atoms with E-state index in [2.05, 4.69) is 5.32 Å². The molecule has 1 N–H and O–H groups in total. The van der Waals surface area contributed by atoms with Crippen LogP contribution in [0.1, 0.15) is 16.7 Å². The minimum Gasteiger partial charge on any atom is -0.452 e. The summed E-state index contributed by atoms with van der Waals surface area (Å²) in [6.45, 7) is 3.63. The minimum absolute atomic E-state index is 0.315. The molecule has 0 aromatic heterocycles. The standard InChI is InChI=1S/C19H19NO3/c1-14-6-9-17(10-7-14)20-18(21)13-23-19(22)11-8-16-5-3-4-15(2)12-16/h3-12H,13H2,1-2H3,(H,20,21)/b11-8+. The molecule has 2 aromatic carbocycles. The monoisotopic (exact) mass is 309 g/mol. The molecule has 0 unspecified atom stereocenters. The Morgan fingerprint density at radius 1 is 1.04 bits per heavy atom. The van der Waals surface area contributed by atoms with Crippen molar-refractivity contribution in [2.75, 3.05) is 11.9 Å². The van der Waals surface area contributed by atoms with Gasteiger partial charge in [-0.3, -0.25) is 4.79 Å². The third-order valence-electron chi connectivity index (χ3n) is 3.13. The van der Waals surface area contributed by atoms with Crippen LogP contribution in [0.2, 0.25) is 0 Å². The van der Waals surface area contributed by atoms with Gasteiger partial charge in [0.1, 0.15) is 0 Å². The highest BCUT2D eigenvalue weighted by molar-refractivity contribution is 5.94. The van der Waals surface area contributed by atoms with Crippen molar-refractivity contribution in [2.45, 2.75) is 13.8 Å². The Morgan fingerprint density at radius 2 is 1.78 bits per heavy atom. The molecule has 0 aliphatic heterocycles. The SMILES string of the molecule is Cc1ccc(NC(=O)COC(=O)/C=C/c2cccc(C)c2)cc1. The molecule has 2 aromatic rings. The zero-order valence-electron chi connectivity index (χ0n) is 13.2. The molecule has 23 heavy (non-hydrogen) atoms. The van der Waals surface area contributed by atoms with Crippen molar-refractivity contribution in [3.63, 3.8) is 0 Å². The zero-order valence-corrected chi connectivity index (χ0v) is 13.2. The lowest BCUT2D eigenvalue weighted by molar-refractivity contribution is -0.142. The first-order valence-electron chi connectivity index (χ1n) is 7.31. The number of esters is 1. The zero-order chi connectivity index (χ0) is 16.7. The van der Waals surface area contributed by atoms with Gasteiger partial charge in [-0.15, -0.1) is 0 Å². The molecular weight excluding hydrogens is 290 g/mol. The fourth-order valence-corrected chi connectivity index (χ4v) is 1.96. The highest BCUT2D eigenvalue weighted by Crippen LogP contribution is 2.08. The van der Waals surface area contributed by atoms with Crippen LogP contribution in [-0.2, 0) is 14.3 Å².